The number of benzene rings is 1. The standard InChI is InChI=1S/C13H17ClN2O4S/c1-20-12-3-2-9(6-11(12)14)16-13(17)7-10-8-21(18,19)5-4-15-10/h2-3,6,10,15H,4-5,7-8H2,1H3,(H,16,17). The van der Waals surface area contributed by atoms with Gasteiger partial charge in [-0.25, -0.2) is 8.42 Å². The molecular formula is C13H17ClN2O4S. The number of sulfone groups is 1. The van der Waals surface area contributed by atoms with Gasteiger partial charge in [0.1, 0.15) is 5.75 Å². The molecule has 2 rings (SSSR count). The van der Waals surface area contributed by atoms with Gasteiger partial charge in [0.05, 0.1) is 23.6 Å². The molecule has 1 unspecified atom stereocenters. The highest BCUT2D eigenvalue weighted by atomic mass is 35.5. The van der Waals surface area contributed by atoms with Gasteiger partial charge in [-0.15, -0.1) is 0 Å². The first kappa shape index (κ1) is 16.1. The average Bonchev–Trinajstić information content (AvgIpc) is 2.37. The zero-order chi connectivity index (χ0) is 15.5. The van der Waals surface area contributed by atoms with Gasteiger partial charge in [-0.2, -0.15) is 0 Å². The molecule has 0 spiro atoms. The number of carbonyl (C=O) groups excluding carboxylic acids is 1. The molecule has 0 aliphatic carbocycles. The van der Waals surface area contributed by atoms with E-state index in [9.17, 15) is 13.2 Å². The Bertz CT molecular complexity index is 633. The van der Waals surface area contributed by atoms with Crippen molar-refractivity contribution in [3.05, 3.63) is 23.2 Å². The summed E-state index contributed by atoms with van der Waals surface area (Å²) in [6, 6.07) is 4.57. The smallest absolute Gasteiger partial charge is 0.225 e. The molecule has 1 atom stereocenters. The van der Waals surface area contributed by atoms with Crippen LogP contribution in [0.5, 0.6) is 5.75 Å². The molecule has 116 valence electrons. The SMILES string of the molecule is COc1ccc(NC(=O)CC2CS(=O)(=O)CCN2)cc1Cl. The molecule has 1 fully saturated rings. The number of halogens is 1. The Labute approximate surface area is 128 Å². The second kappa shape index (κ2) is 6.64. The summed E-state index contributed by atoms with van der Waals surface area (Å²) in [7, 11) is -1.54. The number of ether oxygens (including phenoxy) is 1. The highest BCUT2D eigenvalue weighted by Gasteiger charge is 2.25. The molecular weight excluding hydrogens is 316 g/mol. The van der Waals surface area contributed by atoms with Crippen LogP contribution in [-0.4, -0.2) is 45.5 Å². The van der Waals surface area contributed by atoms with E-state index in [1.807, 2.05) is 0 Å². The third-order valence-electron chi connectivity index (χ3n) is 3.17. The van der Waals surface area contributed by atoms with Gasteiger partial charge in [0.15, 0.2) is 9.84 Å². The summed E-state index contributed by atoms with van der Waals surface area (Å²) in [6.45, 7) is 0.384. The molecule has 1 aromatic rings. The summed E-state index contributed by atoms with van der Waals surface area (Å²) in [4.78, 5) is 11.9. The number of rotatable bonds is 4. The Kier molecular flexibility index (Phi) is 5.08. The van der Waals surface area contributed by atoms with Crippen LogP contribution in [-0.2, 0) is 14.6 Å². The molecule has 2 N–H and O–H groups in total. The van der Waals surface area contributed by atoms with Gasteiger partial charge in [0.25, 0.3) is 0 Å². The normalized spacial score (nSPS) is 20.8. The van der Waals surface area contributed by atoms with Crippen molar-refractivity contribution >= 4 is 33.0 Å². The molecule has 8 heteroatoms. The molecule has 1 aliphatic heterocycles. The molecule has 1 aromatic carbocycles. The fourth-order valence-corrected chi connectivity index (χ4v) is 3.88. The first-order valence-corrected chi connectivity index (χ1v) is 8.67. The zero-order valence-corrected chi connectivity index (χ0v) is 13.1. The predicted octanol–water partition coefficient (Wildman–Crippen LogP) is 1.06. The van der Waals surface area contributed by atoms with Gasteiger partial charge in [-0.3, -0.25) is 4.79 Å². The van der Waals surface area contributed by atoms with Crippen LogP contribution in [0.2, 0.25) is 5.02 Å². The van der Waals surface area contributed by atoms with Crippen molar-refractivity contribution in [3.63, 3.8) is 0 Å². The maximum atomic E-state index is 11.9. The summed E-state index contributed by atoms with van der Waals surface area (Å²) >= 11 is 5.97. The Morgan fingerprint density at radius 1 is 1.52 bits per heavy atom. The van der Waals surface area contributed by atoms with E-state index in [1.165, 1.54) is 7.11 Å². The molecule has 0 saturated carbocycles. The first-order valence-electron chi connectivity index (χ1n) is 6.47. The molecule has 6 nitrogen and oxygen atoms in total. The van der Waals surface area contributed by atoms with E-state index in [1.54, 1.807) is 18.2 Å². The number of anilines is 1. The van der Waals surface area contributed by atoms with Gasteiger partial charge in [0.2, 0.25) is 5.91 Å². The average molecular weight is 333 g/mol. The monoisotopic (exact) mass is 332 g/mol. The Morgan fingerprint density at radius 2 is 2.29 bits per heavy atom. The summed E-state index contributed by atoms with van der Waals surface area (Å²) < 4.78 is 28.1. The maximum Gasteiger partial charge on any atom is 0.225 e. The quantitative estimate of drug-likeness (QED) is 0.861. The molecule has 0 bridgehead atoms. The number of hydrogen-bond donors (Lipinski definition) is 2. The number of carbonyl (C=O) groups is 1. The molecule has 1 aliphatic rings. The molecule has 1 heterocycles. The highest BCUT2D eigenvalue weighted by Crippen LogP contribution is 2.27. The largest absolute Gasteiger partial charge is 0.495 e. The van der Waals surface area contributed by atoms with Crippen molar-refractivity contribution in [3.8, 4) is 5.75 Å². The molecule has 21 heavy (non-hydrogen) atoms. The van der Waals surface area contributed by atoms with Gasteiger partial charge in [-0.1, -0.05) is 11.6 Å². The molecule has 0 radical (unpaired) electrons. The summed E-state index contributed by atoms with van der Waals surface area (Å²) in [5, 5.41) is 6.13. The molecule has 0 aromatic heterocycles. The Hall–Kier alpha value is -1.31. The van der Waals surface area contributed by atoms with E-state index in [2.05, 4.69) is 10.6 Å². The lowest BCUT2D eigenvalue weighted by atomic mass is 10.2. The zero-order valence-electron chi connectivity index (χ0n) is 11.6. The minimum Gasteiger partial charge on any atom is -0.495 e. The Morgan fingerprint density at radius 3 is 2.90 bits per heavy atom. The van der Waals surface area contributed by atoms with Crippen molar-refractivity contribution in [2.24, 2.45) is 0 Å². The second-order valence-corrected chi connectivity index (χ2v) is 7.50. The lowest BCUT2D eigenvalue weighted by Gasteiger charge is -2.23. The lowest BCUT2D eigenvalue weighted by molar-refractivity contribution is -0.116. The molecule has 1 saturated heterocycles. The number of amides is 1. The van der Waals surface area contributed by atoms with E-state index in [0.717, 1.165) is 0 Å². The fourth-order valence-electron chi connectivity index (χ4n) is 2.18. The van der Waals surface area contributed by atoms with Gasteiger partial charge < -0.3 is 15.4 Å². The van der Waals surface area contributed by atoms with Crippen LogP contribution in [0.4, 0.5) is 5.69 Å². The predicted molar refractivity (Wildman–Crippen MR) is 81.7 cm³/mol. The van der Waals surface area contributed by atoms with E-state index in [-0.39, 0.29) is 29.9 Å². The van der Waals surface area contributed by atoms with Gasteiger partial charge in [-0.05, 0) is 18.2 Å². The fraction of sp³-hybridized carbons (Fsp3) is 0.462. The third kappa shape index (κ3) is 4.59. The van der Waals surface area contributed by atoms with Crippen LogP contribution < -0.4 is 15.4 Å². The number of methoxy groups -OCH3 is 1. The first-order chi connectivity index (χ1) is 9.89. The van der Waals surface area contributed by atoms with Crippen molar-refractivity contribution < 1.29 is 17.9 Å². The van der Waals surface area contributed by atoms with Crippen LogP contribution in [0, 0.1) is 0 Å². The van der Waals surface area contributed by atoms with E-state index in [0.29, 0.717) is 23.0 Å². The summed E-state index contributed by atoms with van der Waals surface area (Å²) in [5.41, 5.74) is 0.546. The lowest BCUT2D eigenvalue weighted by Crippen LogP contribution is -2.46. The summed E-state index contributed by atoms with van der Waals surface area (Å²) in [6.07, 6.45) is 0.100. The van der Waals surface area contributed by atoms with Crippen molar-refractivity contribution in [2.75, 3.05) is 30.5 Å². The molecule has 1 amide bonds. The van der Waals surface area contributed by atoms with E-state index >= 15 is 0 Å². The highest BCUT2D eigenvalue weighted by molar-refractivity contribution is 7.91. The minimum atomic E-state index is -3.05. The second-order valence-electron chi connectivity index (χ2n) is 4.87. The summed E-state index contributed by atoms with van der Waals surface area (Å²) in [5.74, 6) is 0.378. The van der Waals surface area contributed by atoms with Crippen LogP contribution >= 0.6 is 11.6 Å². The van der Waals surface area contributed by atoms with Crippen LogP contribution in [0.25, 0.3) is 0 Å². The maximum absolute atomic E-state index is 11.9. The number of nitrogens with one attached hydrogen (secondary N) is 2. The van der Waals surface area contributed by atoms with Crippen molar-refractivity contribution in [1.82, 2.24) is 5.32 Å². The Balaban J connectivity index is 1.94. The van der Waals surface area contributed by atoms with E-state index in [4.69, 9.17) is 16.3 Å². The van der Waals surface area contributed by atoms with E-state index < -0.39 is 9.84 Å². The van der Waals surface area contributed by atoms with Gasteiger partial charge in [0, 0.05) is 24.7 Å². The van der Waals surface area contributed by atoms with Crippen LogP contribution in [0.15, 0.2) is 18.2 Å². The van der Waals surface area contributed by atoms with Crippen LogP contribution in [0.3, 0.4) is 0 Å². The number of hydrogen-bond acceptors (Lipinski definition) is 5. The van der Waals surface area contributed by atoms with Crippen molar-refractivity contribution in [1.29, 1.82) is 0 Å². The topological polar surface area (TPSA) is 84.5 Å². The minimum absolute atomic E-state index is 0.0101. The van der Waals surface area contributed by atoms with Gasteiger partial charge >= 0.3 is 0 Å². The third-order valence-corrected chi connectivity index (χ3v) is 5.20. The van der Waals surface area contributed by atoms with Crippen LogP contribution in [0.1, 0.15) is 6.42 Å². The van der Waals surface area contributed by atoms with Crippen molar-refractivity contribution in [2.45, 2.75) is 12.5 Å².